The van der Waals surface area contributed by atoms with Crippen LogP contribution in [0.2, 0.25) is 0 Å². The van der Waals surface area contributed by atoms with Gasteiger partial charge < -0.3 is 19.5 Å². The van der Waals surface area contributed by atoms with Crippen LogP contribution >= 0.6 is 11.3 Å². The second-order valence-electron chi connectivity index (χ2n) is 14.4. The Morgan fingerprint density at radius 2 is 1.73 bits per heavy atom. The van der Waals surface area contributed by atoms with Gasteiger partial charge in [-0.1, -0.05) is 13.8 Å². The normalized spacial score (nSPS) is 23.3. The van der Waals surface area contributed by atoms with Crippen LogP contribution in [-0.2, 0) is 9.53 Å². The molecule has 0 bridgehead atoms. The first-order chi connectivity index (χ1) is 23.7. The van der Waals surface area contributed by atoms with Crippen LogP contribution in [0.3, 0.4) is 0 Å². The van der Waals surface area contributed by atoms with Gasteiger partial charge in [-0.3, -0.25) is 14.7 Å². The van der Waals surface area contributed by atoms with Gasteiger partial charge in [0.15, 0.2) is 0 Å². The number of rotatable bonds is 9. The molecule has 3 aromatic rings. The molecule has 2 saturated carbocycles. The van der Waals surface area contributed by atoms with Crippen molar-refractivity contribution in [1.82, 2.24) is 19.9 Å². The number of anilines is 1. The van der Waals surface area contributed by atoms with E-state index in [0.717, 1.165) is 58.3 Å². The van der Waals surface area contributed by atoms with E-state index in [1.165, 1.54) is 0 Å². The maximum Gasteiger partial charge on any atom is 0.410 e. The van der Waals surface area contributed by atoms with E-state index in [1.54, 1.807) is 23.3 Å². The highest BCUT2D eigenvalue weighted by Crippen LogP contribution is 2.38. The smallest absolute Gasteiger partial charge is 0.410 e. The van der Waals surface area contributed by atoms with Gasteiger partial charge in [0.25, 0.3) is 0 Å². The van der Waals surface area contributed by atoms with Crippen LogP contribution in [0.15, 0.2) is 36.7 Å². The van der Waals surface area contributed by atoms with Gasteiger partial charge in [-0.15, -0.1) is 11.3 Å². The number of carbonyl (C=O) groups excluding carboxylic acids is 2. The molecule has 2 amide bonds. The number of hydrogen-bond donors (Lipinski definition) is 1. The molecule has 11 heteroatoms. The average molecular weight is 690 g/mol. The SMILES string of the molecule is COc1ccc(C2CCC(CN(C(=O)C3CCC(OC(=O)N4CCC(O)CC4)CC3)c3cc(-c4cnc(C(C)C)s4)ccn3)CC2)nc1C. The molecule has 3 aliphatic rings. The Hall–Kier alpha value is -3.57. The van der Waals surface area contributed by atoms with Crippen molar-refractivity contribution >= 4 is 29.2 Å². The first kappa shape index (κ1) is 35.3. The number of hydrogen-bond acceptors (Lipinski definition) is 9. The van der Waals surface area contributed by atoms with Crippen molar-refractivity contribution in [2.45, 2.75) is 109 Å². The van der Waals surface area contributed by atoms with Gasteiger partial charge in [0, 0.05) is 55.5 Å². The summed E-state index contributed by atoms with van der Waals surface area (Å²) in [5, 5.41) is 10.9. The van der Waals surface area contributed by atoms with Gasteiger partial charge >= 0.3 is 6.09 Å². The average Bonchev–Trinajstić information content (AvgIpc) is 3.63. The third kappa shape index (κ3) is 8.60. The second kappa shape index (κ2) is 16.0. The highest BCUT2D eigenvalue weighted by molar-refractivity contribution is 7.15. The molecule has 3 fully saturated rings. The lowest BCUT2D eigenvalue weighted by atomic mass is 9.79. The molecule has 10 nitrogen and oxygen atoms in total. The molecule has 2 aliphatic carbocycles. The molecule has 1 N–H and O–H groups in total. The number of pyridine rings is 2. The third-order valence-electron chi connectivity index (χ3n) is 10.6. The number of methoxy groups -OCH3 is 1. The van der Waals surface area contributed by atoms with Crippen LogP contribution in [0, 0.1) is 18.8 Å². The quantitative estimate of drug-likeness (QED) is 0.246. The molecule has 0 atom stereocenters. The van der Waals surface area contributed by atoms with Crippen molar-refractivity contribution in [2.24, 2.45) is 11.8 Å². The number of aryl methyl sites for hydroxylation is 1. The van der Waals surface area contributed by atoms with Crippen molar-refractivity contribution in [1.29, 1.82) is 0 Å². The van der Waals surface area contributed by atoms with E-state index >= 15 is 0 Å². The van der Waals surface area contributed by atoms with Gasteiger partial charge in [-0.05, 0) is 107 Å². The molecule has 6 rings (SSSR count). The van der Waals surface area contributed by atoms with E-state index in [2.05, 4.69) is 24.9 Å². The molecule has 0 unspecified atom stereocenters. The molecule has 0 radical (unpaired) electrons. The minimum atomic E-state index is -0.340. The van der Waals surface area contributed by atoms with E-state index in [4.69, 9.17) is 19.4 Å². The molecule has 0 aromatic carbocycles. The summed E-state index contributed by atoms with van der Waals surface area (Å²) in [6, 6.07) is 8.16. The maximum absolute atomic E-state index is 14.4. The number of nitrogens with zero attached hydrogens (tertiary/aromatic N) is 5. The summed E-state index contributed by atoms with van der Waals surface area (Å²) in [6.07, 6.45) is 10.9. The number of thiazole rings is 1. The van der Waals surface area contributed by atoms with Crippen LogP contribution in [-0.4, -0.2) is 75.9 Å². The first-order valence-corrected chi connectivity index (χ1v) is 18.9. The Morgan fingerprint density at radius 1 is 1.00 bits per heavy atom. The number of aliphatic hydroxyl groups is 1. The predicted octanol–water partition coefficient (Wildman–Crippen LogP) is 7.50. The molecule has 264 valence electrons. The third-order valence-corrected chi connectivity index (χ3v) is 11.9. The van der Waals surface area contributed by atoms with Crippen molar-refractivity contribution in [3.8, 4) is 16.2 Å². The Balaban J connectivity index is 1.14. The lowest BCUT2D eigenvalue weighted by Gasteiger charge is -2.36. The van der Waals surface area contributed by atoms with Crippen LogP contribution in [0.1, 0.15) is 106 Å². The van der Waals surface area contributed by atoms with Gasteiger partial charge in [0.1, 0.15) is 17.7 Å². The number of piperidine rings is 1. The minimum absolute atomic E-state index is 0.112. The Labute approximate surface area is 294 Å². The fourth-order valence-electron chi connectivity index (χ4n) is 7.53. The fourth-order valence-corrected chi connectivity index (χ4v) is 8.44. The van der Waals surface area contributed by atoms with Crippen molar-refractivity contribution < 1.29 is 24.2 Å². The monoisotopic (exact) mass is 689 g/mol. The van der Waals surface area contributed by atoms with Crippen molar-refractivity contribution in [3.05, 3.63) is 53.1 Å². The summed E-state index contributed by atoms with van der Waals surface area (Å²) in [5.41, 5.74) is 3.07. The molecule has 0 spiro atoms. The second-order valence-corrected chi connectivity index (χ2v) is 15.4. The fraction of sp³-hybridized carbons (Fsp3) is 0.605. The summed E-state index contributed by atoms with van der Waals surface area (Å²) in [4.78, 5) is 46.2. The highest BCUT2D eigenvalue weighted by atomic mass is 32.1. The van der Waals surface area contributed by atoms with Gasteiger partial charge in [0.2, 0.25) is 5.91 Å². The largest absolute Gasteiger partial charge is 0.495 e. The van der Waals surface area contributed by atoms with Crippen LogP contribution in [0.4, 0.5) is 10.6 Å². The van der Waals surface area contributed by atoms with Gasteiger partial charge in [0.05, 0.1) is 28.8 Å². The van der Waals surface area contributed by atoms with Gasteiger partial charge in [-0.25, -0.2) is 14.8 Å². The lowest BCUT2D eigenvalue weighted by molar-refractivity contribution is -0.124. The summed E-state index contributed by atoms with van der Waals surface area (Å²) in [6.45, 7) is 7.96. The molecule has 4 heterocycles. The zero-order chi connectivity index (χ0) is 34.5. The van der Waals surface area contributed by atoms with Crippen LogP contribution < -0.4 is 9.64 Å². The van der Waals surface area contributed by atoms with Crippen molar-refractivity contribution in [3.63, 3.8) is 0 Å². The number of carbonyl (C=O) groups is 2. The van der Waals surface area contributed by atoms with Crippen LogP contribution in [0.5, 0.6) is 5.75 Å². The summed E-state index contributed by atoms with van der Waals surface area (Å²) in [7, 11) is 1.68. The van der Waals surface area contributed by atoms with Gasteiger partial charge in [-0.2, -0.15) is 0 Å². The zero-order valence-corrected chi connectivity index (χ0v) is 30.2. The first-order valence-electron chi connectivity index (χ1n) is 18.1. The predicted molar refractivity (Wildman–Crippen MR) is 191 cm³/mol. The zero-order valence-electron chi connectivity index (χ0n) is 29.3. The number of ether oxygens (including phenoxy) is 2. The molecular weight excluding hydrogens is 639 g/mol. The standard InChI is InChI=1S/C38H51N5O5S/c1-24(2)36-40-22-34(49-36)29-15-18-39-35(21-29)43(23-26-5-7-27(8-6-26)32-13-14-33(47-4)25(3)41-32)37(45)28-9-11-31(12-10-28)48-38(46)42-19-16-30(44)17-20-42/h13-15,18,21-22,24,26-28,30-31,44H,5-12,16-17,19-20,23H2,1-4H3. The molecule has 49 heavy (non-hydrogen) atoms. The Kier molecular flexibility index (Phi) is 11.5. The van der Waals surface area contributed by atoms with Crippen molar-refractivity contribution in [2.75, 3.05) is 31.6 Å². The molecule has 1 aliphatic heterocycles. The number of aliphatic hydroxyl groups excluding tert-OH is 1. The topological polar surface area (TPSA) is 118 Å². The van der Waals surface area contributed by atoms with E-state index in [9.17, 15) is 14.7 Å². The lowest BCUT2D eigenvalue weighted by Crippen LogP contribution is -2.44. The Morgan fingerprint density at radius 3 is 2.39 bits per heavy atom. The summed E-state index contributed by atoms with van der Waals surface area (Å²) in [5.74, 6) is 2.59. The Bertz CT molecular complexity index is 1570. The number of likely N-dealkylation sites (tertiary alicyclic amines) is 1. The number of amides is 2. The molecular formula is C38H51N5O5S. The molecule has 1 saturated heterocycles. The summed E-state index contributed by atoms with van der Waals surface area (Å²) >= 11 is 1.69. The molecule has 3 aromatic heterocycles. The van der Waals surface area contributed by atoms with E-state index in [1.807, 2.05) is 42.4 Å². The maximum atomic E-state index is 14.4. The van der Waals surface area contributed by atoms with E-state index in [0.29, 0.717) is 81.7 Å². The van der Waals surface area contributed by atoms with Crippen LogP contribution in [0.25, 0.3) is 10.4 Å². The van der Waals surface area contributed by atoms with E-state index in [-0.39, 0.29) is 30.1 Å². The summed E-state index contributed by atoms with van der Waals surface area (Å²) < 4.78 is 11.3. The minimum Gasteiger partial charge on any atom is -0.495 e. The number of aromatic nitrogens is 3. The highest BCUT2D eigenvalue weighted by Gasteiger charge is 2.35. The van der Waals surface area contributed by atoms with E-state index < -0.39 is 0 Å².